The summed E-state index contributed by atoms with van der Waals surface area (Å²) in [4.78, 5) is 0. The first-order chi connectivity index (χ1) is 4.77. The predicted molar refractivity (Wildman–Crippen MR) is 47.1 cm³/mol. The molecule has 0 aromatic rings. The third-order valence-corrected chi connectivity index (χ3v) is 1.39. The van der Waals surface area contributed by atoms with Crippen molar-refractivity contribution < 1.29 is 4.66 Å². The van der Waals surface area contributed by atoms with E-state index in [1.165, 1.54) is 25.7 Å². The normalized spacial score (nSPS) is 9.00. The molecule has 0 spiro atoms. The Morgan fingerprint density at radius 1 is 1.20 bits per heavy atom. The molecular formula is C8H19ClO. The molecular weight excluding hydrogens is 148 g/mol. The summed E-state index contributed by atoms with van der Waals surface area (Å²) < 4.78 is 6.47. The summed E-state index contributed by atoms with van der Waals surface area (Å²) in [5, 5.41) is 0. The van der Waals surface area contributed by atoms with Gasteiger partial charge in [-0.15, -0.1) is 0 Å². The quantitative estimate of drug-likeness (QED) is 0.636. The molecule has 0 atom stereocenters. The lowest BCUT2D eigenvalue weighted by atomic mass is 10.1. The Kier molecular flexibility index (Phi) is 15.4. The zero-order chi connectivity index (χ0) is 8.41. The van der Waals surface area contributed by atoms with Gasteiger partial charge in [0.1, 0.15) is 0 Å². The molecule has 0 bridgehead atoms. The molecule has 1 N–H and O–H groups in total. The van der Waals surface area contributed by atoms with Crippen molar-refractivity contribution in [1.82, 2.24) is 0 Å². The molecule has 0 aliphatic rings. The van der Waals surface area contributed by atoms with Crippen LogP contribution in [0.25, 0.3) is 0 Å². The monoisotopic (exact) mass is 166 g/mol. The van der Waals surface area contributed by atoms with E-state index in [1.807, 2.05) is 0 Å². The van der Waals surface area contributed by atoms with Gasteiger partial charge in [-0.05, 0) is 5.92 Å². The van der Waals surface area contributed by atoms with Crippen LogP contribution in [0.15, 0.2) is 0 Å². The number of halogens is 1. The van der Waals surface area contributed by atoms with Crippen LogP contribution in [0.5, 0.6) is 0 Å². The summed E-state index contributed by atoms with van der Waals surface area (Å²) in [5.41, 5.74) is 0. The van der Waals surface area contributed by atoms with Gasteiger partial charge < -0.3 is 0 Å². The van der Waals surface area contributed by atoms with E-state index in [1.54, 1.807) is 0 Å². The second kappa shape index (κ2) is 12.0. The van der Waals surface area contributed by atoms with E-state index in [9.17, 15) is 0 Å². The molecule has 0 aliphatic heterocycles. The third-order valence-electron chi connectivity index (χ3n) is 1.39. The van der Waals surface area contributed by atoms with Crippen LogP contribution in [0.2, 0.25) is 0 Å². The van der Waals surface area contributed by atoms with Gasteiger partial charge in [-0.1, -0.05) is 46.5 Å². The first kappa shape index (κ1) is 12.9. The van der Waals surface area contributed by atoms with Crippen LogP contribution < -0.4 is 0 Å². The minimum Gasteiger partial charge on any atom is -0.295 e. The zero-order valence-electron chi connectivity index (χ0n) is 7.23. The highest BCUT2D eigenvalue weighted by atomic mass is 35.5. The van der Waals surface area contributed by atoms with E-state index in [4.69, 9.17) is 4.66 Å². The molecule has 0 heterocycles. The van der Waals surface area contributed by atoms with E-state index >= 15 is 0 Å². The molecule has 0 amide bonds. The summed E-state index contributed by atoms with van der Waals surface area (Å²) in [5.74, 6) is 0.904. The first-order valence-electron chi connectivity index (χ1n) is 3.94. The summed E-state index contributed by atoms with van der Waals surface area (Å²) in [6, 6.07) is 0. The van der Waals surface area contributed by atoms with E-state index in [0.29, 0.717) is 0 Å². The lowest BCUT2D eigenvalue weighted by Crippen LogP contribution is -1.85. The molecule has 0 aliphatic carbocycles. The van der Waals surface area contributed by atoms with Crippen LogP contribution in [0.4, 0.5) is 0 Å². The van der Waals surface area contributed by atoms with E-state index < -0.39 is 0 Å². The average Bonchev–Trinajstić information content (AvgIpc) is 1.92. The highest BCUT2D eigenvalue weighted by Crippen LogP contribution is 2.06. The SMILES string of the molecule is CCCCCC(C)C.OCl. The fourth-order valence-corrected chi connectivity index (χ4v) is 0.803. The fraction of sp³-hybridized carbons (Fsp3) is 1.00. The van der Waals surface area contributed by atoms with Gasteiger partial charge in [0.25, 0.3) is 0 Å². The number of hydrogen-bond acceptors (Lipinski definition) is 1. The highest BCUT2D eigenvalue weighted by molar-refractivity contribution is 6.04. The van der Waals surface area contributed by atoms with Crippen LogP contribution in [0, 0.1) is 5.92 Å². The number of unbranched alkanes of at least 4 members (excludes halogenated alkanes) is 2. The van der Waals surface area contributed by atoms with Crippen molar-refractivity contribution in [3.05, 3.63) is 0 Å². The standard InChI is InChI=1S/C8H18.ClHO/c1-4-5-6-7-8(2)3;1-2/h8H,4-7H2,1-3H3;2H. The van der Waals surface area contributed by atoms with Gasteiger partial charge in [0.2, 0.25) is 0 Å². The molecule has 0 saturated carbocycles. The Morgan fingerprint density at radius 2 is 1.70 bits per heavy atom. The molecule has 0 radical (unpaired) electrons. The van der Waals surface area contributed by atoms with Crippen molar-refractivity contribution in [2.75, 3.05) is 0 Å². The van der Waals surface area contributed by atoms with Crippen molar-refractivity contribution >= 4 is 11.9 Å². The van der Waals surface area contributed by atoms with E-state index in [0.717, 1.165) is 5.92 Å². The van der Waals surface area contributed by atoms with Gasteiger partial charge in [0, 0.05) is 0 Å². The largest absolute Gasteiger partial charge is 0.295 e. The van der Waals surface area contributed by atoms with Crippen molar-refractivity contribution in [2.24, 2.45) is 5.92 Å². The van der Waals surface area contributed by atoms with Crippen molar-refractivity contribution in [2.45, 2.75) is 46.5 Å². The van der Waals surface area contributed by atoms with E-state index in [2.05, 4.69) is 32.6 Å². The summed E-state index contributed by atoms with van der Waals surface area (Å²) in [6.07, 6.45) is 5.60. The lowest BCUT2D eigenvalue weighted by Gasteiger charge is -2.00. The maximum Gasteiger partial charge on any atom is 0.0579 e. The summed E-state index contributed by atoms with van der Waals surface area (Å²) in [6.45, 7) is 6.83. The van der Waals surface area contributed by atoms with Crippen molar-refractivity contribution in [3.8, 4) is 0 Å². The average molecular weight is 167 g/mol. The van der Waals surface area contributed by atoms with Crippen LogP contribution in [-0.2, 0) is 0 Å². The van der Waals surface area contributed by atoms with Gasteiger partial charge in [-0.2, -0.15) is 0 Å². The third kappa shape index (κ3) is 15.7. The van der Waals surface area contributed by atoms with Gasteiger partial charge in [0.15, 0.2) is 0 Å². The number of rotatable bonds is 4. The smallest absolute Gasteiger partial charge is 0.0579 e. The Bertz CT molecular complexity index is 46.5. The van der Waals surface area contributed by atoms with Crippen molar-refractivity contribution in [3.63, 3.8) is 0 Å². The minimum atomic E-state index is 0.904. The molecule has 2 heteroatoms. The fourth-order valence-electron chi connectivity index (χ4n) is 0.803. The molecule has 0 fully saturated rings. The lowest BCUT2D eigenvalue weighted by molar-refractivity contribution is 0.534. The molecule has 1 nitrogen and oxygen atoms in total. The summed E-state index contributed by atoms with van der Waals surface area (Å²) >= 11 is 3.64. The number of hydrogen-bond donors (Lipinski definition) is 1. The maximum absolute atomic E-state index is 6.47. The Labute approximate surface area is 69.6 Å². The van der Waals surface area contributed by atoms with Gasteiger partial charge in [-0.3, -0.25) is 4.66 Å². The minimum absolute atomic E-state index is 0.904. The molecule has 10 heavy (non-hydrogen) atoms. The van der Waals surface area contributed by atoms with Crippen molar-refractivity contribution in [1.29, 1.82) is 0 Å². The second-order valence-corrected chi connectivity index (χ2v) is 2.89. The molecule has 0 saturated heterocycles. The highest BCUT2D eigenvalue weighted by Gasteiger charge is 1.90. The first-order valence-corrected chi connectivity index (χ1v) is 4.28. The van der Waals surface area contributed by atoms with Crippen LogP contribution in [0.1, 0.15) is 46.5 Å². The molecule has 0 unspecified atom stereocenters. The Hall–Kier alpha value is 0.250. The molecule has 0 rings (SSSR count). The van der Waals surface area contributed by atoms with Gasteiger partial charge in [0.05, 0.1) is 11.9 Å². The Balaban J connectivity index is 0. The van der Waals surface area contributed by atoms with Crippen LogP contribution in [-0.4, -0.2) is 4.66 Å². The van der Waals surface area contributed by atoms with Gasteiger partial charge >= 0.3 is 0 Å². The molecule has 0 aromatic heterocycles. The second-order valence-electron chi connectivity index (χ2n) is 2.89. The zero-order valence-corrected chi connectivity index (χ0v) is 7.99. The van der Waals surface area contributed by atoms with Crippen LogP contribution >= 0.6 is 11.9 Å². The molecule has 0 aromatic carbocycles. The Morgan fingerprint density at radius 3 is 2.00 bits per heavy atom. The summed E-state index contributed by atoms with van der Waals surface area (Å²) in [7, 11) is 0. The predicted octanol–water partition coefficient (Wildman–Crippen LogP) is 3.36. The molecule has 64 valence electrons. The topological polar surface area (TPSA) is 20.2 Å². The maximum atomic E-state index is 6.47. The van der Waals surface area contributed by atoms with Crippen LogP contribution in [0.3, 0.4) is 0 Å². The van der Waals surface area contributed by atoms with E-state index in [-0.39, 0.29) is 0 Å². The van der Waals surface area contributed by atoms with Gasteiger partial charge in [-0.25, -0.2) is 0 Å².